The maximum atomic E-state index is 12.6. The summed E-state index contributed by atoms with van der Waals surface area (Å²) < 4.78 is 4.67. The number of aromatic nitrogens is 1. The van der Waals surface area contributed by atoms with E-state index in [1.165, 1.54) is 25.4 Å². The van der Waals surface area contributed by atoms with Crippen molar-refractivity contribution in [3.63, 3.8) is 0 Å². The summed E-state index contributed by atoms with van der Waals surface area (Å²) in [5.74, 6) is -1.03. The number of hydrogen-bond donors (Lipinski definition) is 1. The summed E-state index contributed by atoms with van der Waals surface area (Å²) in [4.78, 5) is 42.6. The highest BCUT2D eigenvalue weighted by Gasteiger charge is 2.19. The molecule has 7 heteroatoms. The summed E-state index contributed by atoms with van der Waals surface area (Å²) in [6.45, 7) is 1.48. The topological polar surface area (TPSA) is 88.6 Å². The van der Waals surface area contributed by atoms with Gasteiger partial charge >= 0.3 is 5.97 Å². The van der Waals surface area contributed by atoms with Gasteiger partial charge < -0.3 is 15.0 Å². The van der Waals surface area contributed by atoms with Gasteiger partial charge in [0.15, 0.2) is 0 Å². The van der Waals surface area contributed by atoms with E-state index in [0.29, 0.717) is 16.8 Å². The van der Waals surface area contributed by atoms with Gasteiger partial charge in [0.2, 0.25) is 0 Å². The van der Waals surface area contributed by atoms with Crippen LogP contribution in [0, 0.1) is 0 Å². The van der Waals surface area contributed by atoms with Gasteiger partial charge in [0.05, 0.1) is 12.7 Å². The van der Waals surface area contributed by atoms with Gasteiger partial charge in [0.25, 0.3) is 11.8 Å². The molecule has 7 nitrogen and oxygen atoms in total. The SMILES string of the molecule is COC(=O)c1cccc(NC(=O)c2cc(C(=O)N3CCCCC3)ccn2)c1. The smallest absolute Gasteiger partial charge is 0.337 e. The van der Waals surface area contributed by atoms with Crippen molar-refractivity contribution in [2.75, 3.05) is 25.5 Å². The zero-order valence-corrected chi connectivity index (χ0v) is 15.1. The van der Waals surface area contributed by atoms with Crippen molar-refractivity contribution in [1.29, 1.82) is 0 Å². The number of rotatable bonds is 4. The number of amides is 2. The molecule has 2 heterocycles. The Hall–Kier alpha value is -3.22. The minimum absolute atomic E-state index is 0.0844. The third-order valence-electron chi connectivity index (χ3n) is 4.42. The van der Waals surface area contributed by atoms with Crippen LogP contribution in [0.3, 0.4) is 0 Å². The van der Waals surface area contributed by atoms with Gasteiger partial charge in [-0.3, -0.25) is 14.6 Å². The summed E-state index contributed by atoms with van der Waals surface area (Å²) in [6, 6.07) is 9.53. The van der Waals surface area contributed by atoms with E-state index in [1.807, 2.05) is 0 Å². The van der Waals surface area contributed by atoms with Gasteiger partial charge in [-0.1, -0.05) is 6.07 Å². The summed E-state index contributed by atoms with van der Waals surface area (Å²) in [6.07, 6.45) is 4.59. The van der Waals surface area contributed by atoms with E-state index >= 15 is 0 Å². The Balaban J connectivity index is 1.74. The first-order chi connectivity index (χ1) is 13.1. The number of pyridine rings is 1. The second kappa shape index (κ2) is 8.44. The van der Waals surface area contributed by atoms with Crippen LogP contribution in [0.4, 0.5) is 5.69 Å². The zero-order chi connectivity index (χ0) is 19.2. The summed E-state index contributed by atoms with van der Waals surface area (Å²) in [5.41, 5.74) is 1.36. The molecule has 0 unspecified atom stereocenters. The Morgan fingerprint density at radius 3 is 2.56 bits per heavy atom. The van der Waals surface area contributed by atoms with Gasteiger partial charge in [0.1, 0.15) is 5.69 Å². The number of hydrogen-bond acceptors (Lipinski definition) is 5. The van der Waals surface area contributed by atoms with E-state index in [9.17, 15) is 14.4 Å². The Kier molecular flexibility index (Phi) is 5.80. The highest BCUT2D eigenvalue weighted by atomic mass is 16.5. The van der Waals surface area contributed by atoms with E-state index in [2.05, 4.69) is 15.0 Å². The van der Waals surface area contributed by atoms with Gasteiger partial charge in [-0.2, -0.15) is 0 Å². The molecule has 27 heavy (non-hydrogen) atoms. The molecule has 1 aliphatic rings. The normalized spacial score (nSPS) is 13.7. The monoisotopic (exact) mass is 367 g/mol. The number of benzene rings is 1. The molecule has 1 saturated heterocycles. The standard InChI is InChI=1S/C20H21N3O4/c1-27-20(26)15-6-5-7-16(12-15)22-18(24)17-13-14(8-9-21-17)19(25)23-10-3-2-4-11-23/h5-9,12-13H,2-4,10-11H2,1H3,(H,22,24). The first-order valence-electron chi connectivity index (χ1n) is 8.83. The predicted molar refractivity (Wildman–Crippen MR) is 99.7 cm³/mol. The summed E-state index contributed by atoms with van der Waals surface area (Å²) in [5, 5.41) is 2.69. The van der Waals surface area contributed by atoms with Crippen LogP contribution < -0.4 is 5.32 Å². The van der Waals surface area contributed by atoms with Crippen LogP contribution in [-0.2, 0) is 4.74 Å². The quantitative estimate of drug-likeness (QED) is 0.840. The molecule has 0 atom stereocenters. The number of carbonyl (C=O) groups excluding carboxylic acids is 3. The number of anilines is 1. The number of piperidine rings is 1. The molecule has 2 amide bonds. The van der Waals surface area contributed by atoms with Crippen molar-refractivity contribution in [3.05, 3.63) is 59.4 Å². The Morgan fingerprint density at radius 1 is 1.04 bits per heavy atom. The predicted octanol–water partition coefficient (Wildman–Crippen LogP) is 2.75. The van der Waals surface area contributed by atoms with E-state index in [4.69, 9.17) is 0 Å². The van der Waals surface area contributed by atoms with Crippen LogP contribution in [0.15, 0.2) is 42.6 Å². The fraction of sp³-hybridized carbons (Fsp3) is 0.300. The Labute approximate surface area is 157 Å². The van der Waals surface area contributed by atoms with Gasteiger partial charge in [0, 0.05) is 30.5 Å². The average Bonchev–Trinajstić information content (AvgIpc) is 2.73. The highest BCUT2D eigenvalue weighted by molar-refractivity contribution is 6.05. The number of carbonyl (C=O) groups is 3. The second-order valence-corrected chi connectivity index (χ2v) is 6.31. The van der Waals surface area contributed by atoms with Crippen molar-refractivity contribution >= 4 is 23.5 Å². The number of nitrogens with zero attached hydrogens (tertiary/aromatic N) is 2. The number of esters is 1. The van der Waals surface area contributed by atoms with Crippen LogP contribution in [-0.4, -0.2) is 47.9 Å². The Bertz CT molecular complexity index is 860. The molecule has 1 fully saturated rings. The molecule has 0 aliphatic carbocycles. The summed E-state index contributed by atoms with van der Waals surface area (Å²) in [7, 11) is 1.29. The van der Waals surface area contributed by atoms with Crippen LogP contribution in [0.1, 0.15) is 50.5 Å². The third-order valence-corrected chi connectivity index (χ3v) is 4.42. The van der Waals surface area contributed by atoms with Crippen LogP contribution in [0.5, 0.6) is 0 Å². The molecule has 1 N–H and O–H groups in total. The third kappa shape index (κ3) is 4.49. The van der Waals surface area contributed by atoms with Crippen molar-refractivity contribution in [3.8, 4) is 0 Å². The first kappa shape index (κ1) is 18.6. The van der Waals surface area contributed by atoms with Crippen LogP contribution in [0.25, 0.3) is 0 Å². The van der Waals surface area contributed by atoms with Crippen molar-refractivity contribution in [2.45, 2.75) is 19.3 Å². The Morgan fingerprint density at radius 2 is 1.81 bits per heavy atom. The van der Waals surface area contributed by atoms with Crippen molar-refractivity contribution in [2.24, 2.45) is 0 Å². The molecule has 1 aliphatic heterocycles. The first-order valence-corrected chi connectivity index (χ1v) is 8.83. The maximum Gasteiger partial charge on any atom is 0.337 e. The number of ether oxygens (including phenoxy) is 1. The molecular weight excluding hydrogens is 346 g/mol. The maximum absolute atomic E-state index is 12.6. The molecule has 1 aromatic carbocycles. The van der Waals surface area contributed by atoms with E-state index < -0.39 is 11.9 Å². The number of methoxy groups -OCH3 is 1. The van der Waals surface area contributed by atoms with Gasteiger partial charge in [-0.15, -0.1) is 0 Å². The van der Waals surface area contributed by atoms with Crippen LogP contribution >= 0.6 is 0 Å². The van der Waals surface area contributed by atoms with Crippen molar-refractivity contribution in [1.82, 2.24) is 9.88 Å². The highest BCUT2D eigenvalue weighted by Crippen LogP contribution is 2.15. The molecule has 0 bridgehead atoms. The molecule has 0 saturated carbocycles. The lowest BCUT2D eigenvalue weighted by atomic mass is 10.1. The minimum Gasteiger partial charge on any atom is -0.465 e. The molecular formula is C20H21N3O4. The fourth-order valence-corrected chi connectivity index (χ4v) is 3.00. The molecule has 0 spiro atoms. The molecule has 140 valence electrons. The fourth-order valence-electron chi connectivity index (χ4n) is 3.00. The van der Waals surface area contributed by atoms with Crippen LogP contribution in [0.2, 0.25) is 0 Å². The largest absolute Gasteiger partial charge is 0.465 e. The number of nitrogens with one attached hydrogen (secondary N) is 1. The van der Waals surface area contributed by atoms with Gasteiger partial charge in [-0.05, 0) is 49.6 Å². The average molecular weight is 367 g/mol. The van der Waals surface area contributed by atoms with Crippen molar-refractivity contribution < 1.29 is 19.1 Å². The van der Waals surface area contributed by atoms with Gasteiger partial charge in [-0.25, -0.2) is 4.79 Å². The second-order valence-electron chi connectivity index (χ2n) is 6.31. The lowest BCUT2D eigenvalue weighted by molar-refractivity contribution is 0.0600. The molecule has 0 radical (unpaired) electrons. The van der Waals surface area contributed by atoms with E-state index in [-0.39, 0.29) is 11.6 Å². The lowest BCUT2D eigenvalue weighted by Crippen LogP contribution is -2.35. The lowest BCUT2D eigenvalue weighted by Gasteiger charge is -2.26. The minimum atomic E-state index is -0.488. The van der Waals surface area contributed by atoms with E-state index in [0.717, 1.165) is 32.4 Å². The summed E-state index contributed by atoms with van der Waals surface area (Å²) >= 11 is 0. The molecule has 2 aromatic rings. The van der Waals surface area contributed by atoms with E-state index in [1.54, 1.807) is 29.2 Å². The number of likely N-dealkylation sites (tertiary alicyclic amines) is 1. The zero-order valence-electron chi connectivity index (χ0n) is 15.1. The molecule has 3 rings (SSSR count). The molecule has 1 aromatic heterocycles.